The van der Waals surface area contributed by atoms with E-state index >= 15 is 0 Å². The van der Waals surface area contributed by atoms with Crippen LogP contribution >= 0.6 is 11.6 Å². The van der Waals surface area contributed by atoms with Crippen molar-refractivity contribution in [2.24, 2.45) is 5.41 Å². The molecule has 5 heteroatoms. The number of amides is 1. The van der Waals surface area contributed by atoms with E-state index in [9.17, 15) is 14.7 Å². The van der Waals surface area contributed by atoms with E-state index in [2.05, 4.69) is 5.32 Å². The van der Waals surface area contributed by atoms with Crippen LogP contribution in [0.25, 0.3) is 0 Å². The van der Waals surface area contributed by atoms with Gasteiger partial charge in [0.25, 0.3) is 5.91 Å². The molecule has 1 aromatic rings. The van der Waals surface area contributed by atoms with E-state index in [1.54, 1.807) is 20.8 Å². The van der Waals surface area contributed by atoms with E-state index < -0.39 is 11.3 Å². The van der Waals surface area contributed by atoms with Crippen LogP contribution in [-0.2, 0) is 4.79 Å². The molecule has 0 aliphatic rings. The van der Waals surface area contributed by atoms with Crippen LogP contribution in [0.2, 0.25) is 5.02 Å². The number of carbonyl (C=O) groups excluding carboxylic acids is 2. The highest BCUT2D eigenvalue weighted by Crippen LogP contribution is 2.21. The number of hydrogen-bond acceptors (Lipinski definition) is 3. The third-order valence-corrected chi connectivity index (χ3v) is 2.68. The highest BCUT2D eigenvalue weighted by atomic mass is 35.5. The van der Waals surface area contributed by atoms with Crippen molar-refractivity contribution in [2.45, 2.75) is 20.8 Å². The Morgan fingerprint density at radius 1 is 1.33 bits per heavy atom. The van der Waals surface area contributed by atoms with Gasteiger partial charge in [0.1, 0.15) is 5.75 Å². The lowest BCUT2D eigenvalue weighted by Crippen LogP contribution is -2.35. The Hall–Kier alpha value is -1.55. The summed E-state index contributed by atoms with van der Waals surface area (Å²) < 4.78 is 0. The van der Waals surface area contributed by atoms with Crippen molar-refractivity contribution in [1.29, 1.82) is 0 Å². The molecule has 1 rings (SSSR count). The van der Waals surface area contributed by atoms with Crippen LogP contribution in [-0.4, -0.2) is 23.3 Å². The lowest BCUT2D eigenvalue weighted by molar-refractivity contribution is -0.125. The predicted octanol–water partition coefficient (Wildman–Crippen LogP) is 2.39. The van der Waals surface area contributed by atoms with Gasteiger partial charge in [-0.2, -0.15) is 0 Å². The number of aromatic hydroxyl groups is 1. The number of halogens is 1. The van der Waals surface area contributed by atoms with Gasteiger partial charge in [-0.25, -0.2) is 0 Å². The normalized spacial score (nSPS) is 11.1. The molecule has 0 fully saturated rings. The van der Waals surface area contributed by atoms with Crippen molar-refractivity contribution in [3.8, 4) is 5.75 Å². The fourth-order valence-electron chi connectivity index (χ4n) is 1.21. The maximum absolute atomic E-state index is 11.8. The van der Waals surface area contributed by atoms with Crippen LogP contribution < -0.4 is 5.32 Å². The Kier molecular flexibility index (Phi) is 4.35. The van der Waals surface area contributed by atoms with Gasteiger partial charge in [-0.1, -0.05) is 32.4 Å². The molecule has 0 aliphatic carbocycles. The third-order valence-electron chi connectivity index (χ3n) is 2.45. The summed E-state index contributed by atoms with van der Waals surface area (Å²) in [5, 5.41) is 12.3. The summed E-state index contributed by atoms with van der Waals surface area (Å²) >= 11 is 5.74. The van der Waals surface area contributed by atoms with Crippen molar-refractivity contribution in [1.82, 2.24) is 5.32 Å². The smallest absolute Gasteiger partial charge is 0.255 e. The van der Waals surface area contributed by atoms with Crippen molar-refractivity contribution in [3.63, 3.8) is 0 Å². The first-order valence-corrected chi connectivity index (χ1v) is 5.89. The van der Waals surface area contributed by atoms with E-state index in [4.69, 9.17) is 11.6 Å². The molecule has 0 atom stereocenters. The number of benzene rings is 1. The zero-order valence-electron chi connectivity index (χ0n) is 10.6. The minimum absolute atomic E-state index is 0.0595. The minimum atomic E-state index is -0.521. The van der Waals surface area contributed by atoms with Crippen molar-refractivity contribution in [2.75, 3.05) is 6.54 Å². The summed E-state index contributed by atoms with van der Waals surface area (Å²) in [6.45, 7) is 5.25. The number of carbonyl (C=O) groups is 2. The first-order valence-electron chi connectivity index (χ1n) is 5.52. The van der Waals surface area contributed by atoms with E-state index in [0.717, 1.165) is 0 Å². The van der Waals surface area contributed by atoms with E-state index in [1.165, 1.54) is 18.2 Å². The standard InChI is InChI=1S/C13H16ClNO3/c1-13(2,3)11(17)7-15-12(18)9-6-8(14)4-5-10(9)16/h4-6,16H,7H2,1-3H3,(H,15,18). The molecule has 0 unspecified atom stereocenters. The van der Waals surface area contributed by atoms with Crippen molar-refractivity contribution in [3.05, 3.63) is 28.8 Å². The van der Waals surface area contributed by atoms with E-state index in [0.29, 0.717) is 5.02 Å². The molecule has 0 saturated heterocycles. The molecule has 1 aromatic carbocycles. The average molecular weight is 270 g/mol. The van der Waals surface area contributed by atoms with Gasteiger partial charge in [0, 0.05) is 10.4 Å². The monoisotopic (exact) mass is 269 g/mol. The van der Waals surface area contributed by atoms with Crippen LogP contribution in [0.3, 0.4) is 0 Å². The van der Waals surface area contributed by atoms with Gasteiger partial charge in [-0.05, 0) is 18.2 Å². The highest BCUT2D eigenvalue weighted by molar-refractivity contribution is 6.31. The fraction of sp³-hybridized carbons (Fsp3) is 0.385. The quantitative estimate of drug-likeness (QED) is 0.885. The molecule has 18 heavy (non-hydrogen) atoms. The summed E-state index contributed by atoms with van der Waals surface area (Å²) in [4.78, 5) is 23.4. The van der Waals surface area contributed by atoms with Crippen molar-refractivity contribution < 1.29 is 14.7 Å². The molecule has 4 nitrogen and oxygen atoms in total. The minimum Gasteiger partial charge on any atom is -0.507 e. The predicted molar refractivity (Wildman–Crippen MR) is 69.9 cm³/mol. The summed E-state index contributed by atoms with van der Waals surface area (Å²) in [6, 6.07) is 4.17. The Morgan fingerprint density at radius 2 is 1.94 bits per heavy atom. The molecular weight excluding hydrogens is 254 g/mol. The van der Waals surface area contributed by atoms with Gasteiger partial charge in [0.05, 0.1) is 12.1 Å². The van der Waals surface area contributed by atoms with E-state index in [1.807, 2.05) is 0 Å². The van der Waals surface area contributed by atoms with Crippen LogP contribution in [0.4, 0.5) is 0 Å². The van der Waals surface area contributed by atoms with E-state index in [-0.39, 0.29) is 23.6 Å². The molecule has 2 N–H and O–H groups in total. The molecule has 0 aromatic heterocycles. The number of phenolic OH excluding ortho intramolecular Hbond substituents is 1. The maximum Gasteiger partial charge on any atom is 0.255 e. The molecule has 1 amide bonds. The van der Waals surface area contributed by atoms with Gasteiger partial charge in [-0.15, -0.1) is 0 Å². The van der Waals surface area contributed by atoms with Crippen LogP contribution in [0.5, 0.6) is 5.75 Å². The second-order valence-corrected chi connectivity index (χ2v) is 5.45. The summed E-state index contributed by atoms with van der Waals surface area (Å²) in [6.07, 6.45) is 0. The SMILES string of the molecule is CC(C)(C)C(=O)CNC(=O)c1cc(Cl)ccc1O. The molecule has 0 spiro atoms. The molecule has 0 radical (unpaired) electrons. The lowest BCUT2D eigenvalue weighted by Gasteiger charge is -2.16. The summed E-state index contributed by atoms with van der Waals surface area (Å²) in [7, 11) is 0. The topological polar surface area (TPSA) is 66.4 Å². The van der Waals surface area contributed by atoms with Crippen LogP contribution in [0.15, 0.2) is 18.2 Å². The van der Waals surface area contributed by atoms with Gasteiger partial charge in [0.2, 0.25) is 0 Å². The first kappa shape index (κ1) is 14.5. The lowest BCUT2D eigenvalue weighted by atomic mass is 9.91. The number of nitrogens with one attached hydrogen (secondary N) is 1. The molecule has 0 aliphatic heterocycles. The number of phenols is 1. The Morgan fingerprint density at radius 3 is 2.50 bits per heavy atom. The Labute approximate surface area is 111 Å². The average Bonchev–Trinajstić information content (AvgIpc) is 2.27. The van der Waals surface area contributed by atoms with Crippen molar-refractivity contribution >= 4 is 23.3 Å². The van der Waals surface area contributed by atoms with Gasteiger partial charge >= 0.3 is 0 Å². The number of hydrogen-bond donors (Lipinski definition) is 2. The summed E-state index contributed by atoms with van der Waals surface area (Å²) in [5.74, 6) is -0.773. The molecular formula is C13H16ClNO3. The van der Waals surface area contributed by atoms with Gasteiger partial charge < -0.3 is 10.4 Å². The number of rotatable bonds is 3. The largest absolute Gasteiger partial charge is 0.507 e. The molecule has 0 bridgehead atoms. The second-order valence-electron chi connectivity index (χ2n) is 5.02. The zero-order chi connectivity index (χ0) is 13.9. The highest BCUT2D eigenvalue weighted by Gasteiger charge is 2.22. The maximum atomic E-state index is 11.8. The second kappa shape index (κ2) is 5.40. The number of Topliss-reactive ketones (excluding diaryl/α,β-unsaturated/α-hetero) is 1. The van der Waals surface area contributed by atoms with Crippen LogP contribution in [0, 0.1) is 5.41 Å². The Bertz CT molecular complexity index is 478. The fourth-order valence-corrected chi connectivity index (χ4v) is 1.38. The first-order chi connectivity index (χ1) is 8.21. The van der Waals surface area contributed by atoms with Crippen LogP contribution in [0.1, 0.15) is 31.1 Å². The molecule has 0 heterocycles. The summed E-state index contributed by atoms with van der Waals surface area (Å²) in [5.41, 5.74) is -0.451. The molecule has 98 valence electrons. The Balaban J connectivity index is 2.72. The molecule has 0 saturated carbocycles. The number of ketones is 1. The van der Waals surface area contributed by atoms with Gasteiger partial charge in [-0.3, -0.25) is 9.59 Å². The van der Waals surface area contributed by atoms with Gasteiger partial charge in [0.15, 0.2) is 5.78 Å². The third kappa shape index (κ3) is 3.74. The zero-order valence-corrected chi connectivity index (χ0v) is 11.3.